The van der Waals surface area contributed by atoms with E-state index in [0.717, 1.165) is 49.8 Å². The van der Waals surface area contributed by atoms with Crippen LogP contribution in [0, 0.1) is 0 Å². The first-order valence-electron chi connectivity index (χ1n) is 11.9. The van der Waals surface area contributed by atoms with Gasteiger partial charge in [0.05, 0.1) is 29.6 Å². The molecule has 6 nitrogen and oxygen atoms in total. The Labute approximate surface area is 219 Å². The van der Waals surface area contributed by atoms with E-state index in [0.29, 0.717) is 12.1 Å². The number of carbonyl (C=O) groups excluding carboxylic acids is 1. The summed E-state index contributed by atoms with van der Waals surface area (Å²) < 4.78 is 5.28. The Bertz CT molecular complexity index is 1550. The number of pyridine rings is 1. The van der Waals surface area contributed by atoms with E-state index in [1.165, 1.54) is 0 Å². The highest BCUT2D eigenvalue weighted by Gasteiger charge is 2.13. The van der Waals surface area contributed by atoms with Crippen molar-refractivity contribution in [2.75, 3.05) is 13.7 Å². The summed E-state index contributed by atoms with van der Waals surface area (Å²) in [6.45, 7) is 0.542. The molecule has 0 aliphatic rings. The third kappa shape index (κ3) is 6.08. The van der Waals surface area contributed by atoms with Crippen LogP contribution in [0.25, 0.3) is 23.1 Å². The molecule has 1 amide bonds. The first-order valence-corrected chi connectivity index (χ1v) is 12.8. The molecule has 2 N–H and O–H groups in total. The third-order valence-electron chi connectivity index (χ3n) is 5.86. The normalized spacial score (nSPS) is 11.2. The number of nitrogens with zero attached hydrogens (tertiary/aromatic N) is 2. The third-order valence-corrected chi connectivity index (χ3v) is 6.92. The van der Waals surface area contributed by atoms with Gasteiger partial charge in [0.25, 0.3) is 5.91 Å². The lowest BCUT2D eigenvalue weighted by Gasteiger charge is -2.10. The second-order valence-electron chi connectivity index (χ2n) is 8.36. The number of amides is 1. The zero-order valence-electron chi connectivity index (χ0n) is 20.3. The number of ether oxygens (including phenoxy) is 1. The molecule has 0 radical (unpaired) electrons. The predicted octanol–water partition coefficient (Wildman–Crippen LogP) is 6.26. The summed E-state index contributed by atoms with van der Waals surface area (Å²) in [6.07, 6.45) is 6.40. The van der Waals surface area contributed by atoms with Gasteiger partial charge >= 0.3 is 0 Å². The second-order valence-corrected chi connectivity index (χ2v) is 9.48. The van der Waals surface area contributed by atoms with Crippen LogP contribution in [0.2, 0.25) is 0 Å². The van der Waals surface area contributed by atoms with Gasteiger partial charge in [-0.2, -0.15) is 5.10 Å². The smallest absolute Gasteiger partial charge is 0.252 e. The van der Waals surface area contributed by atoms with E-state index >= 15 is 0 Å². The molecular weight excluding hydrogens is 480 g/mol. The van der Waals surface area contributed by atoms with Crippen molar-refractivity contribution in [2.24, 2.45) is 0 Å². The van der Waals surface area contributed by atoms with Gasteiger partial charge in [0.2, 0.25) is 0 Å². The van der Waals surface area contributed by atoms with E-state index in [1.807, 2.05) is 78.9 Å². The Morgan fingerprint density at radius 2 is 1.89 bits per heavy atom. The van der Waals surface area contributed by atoms with Crippen molar-refractivity contribution in [1.29, 1.82) is 0 Å². The van der Waals surface area contributed by atoms with Crippen LogP contribution >= 0.6 is 11.8 Å². The first kappa shape index (κ1) is 24.3. The molecule has 0 saturated heterocycles. The number of aromatic nitrogens is 3. The number of methoxy groups -OCH3 is 1. The molecule has 2 aromatic heterocycles. The number of H-pyrrole nitrogens is 1. The lowest BCUT2D eigenvalue weighted by Crippen LogP contribution is -2.26. The summed E-state index contributed by atoms with van der Waals surface area (Å²) in [6, 6.07) is 27.5. The summed E-state index contributed by atoms with van der Waals surface area (Å²) in [5.41, 5.74) is 4.44. The van der Waals surface area contributed by atoms with Gasteiger partial charge in [-0.05, 0) is 78.7 Å². The molecule has 0 aliphatic carbocycles. The maximum atomic E-state index is 13.0. The molecule has 0 atom stereocenters. The highest BCUT2D eigenvalue weighted by molar-refractivity contribution is 7.99. The summed E-state index contributed by atoms with van der Waals surface area (Å²) in [7, 11) is 1.65. The Kier molecular flexibility index (Phi) is 7.62. The van der Waals surface area contributed by atoms with Crippen LogP contribution in [0.5, 0.6) is 5.75 Å². The van der Waals surface area contributed by atoms with Gasteiger partial charge in [-0.25, -0.2) is 0 Å². The van der Waals surface area contributed by atoms with Crippen molar-refractivity contribution in [3.63, 3.8) is 0 Å². The highest BCUT2D eigenvalue weighted by Crippen LogP contribution is 2.33. The molecule has 5 aromatic rings. The van der Waals surface area contributed by atoms with E-state index < -0.39 is 0 Å². The number of nitrogens with one attached hydrogen (secondary N) is 2. The van der Waals surface area contributed by atoms with Crippen LogP contribution in [-0.4, -0.2) is 34.7 Å². The van der Waals surface area contributed by atoms with Crippen molar-refractivity contribution in [3.8, 4) is 5.75 Å². The molecule has 5 rings (SSSR count). The fraction of sp³-hybridized carbons (Fsp3) is 0.100. The largest absolute Gasteiger partial charge is 0.497 e. The highest BCUT2D eigenvalue weighted by atomic mass is 32.2. The summed E-state index contributed by atoms with van der Waals surface area (Å²) >= 11 is 1.56. The van der Waals surface area contributed by atoms with Gasteiger partial charge in [0.1, 0.15) is 5.75 Å². The summed E-state index contributed by atoms with van der Waals surface area (Å²) in [5, 5.41) is 11.6. The molecule has 7 heteroatoms. The Balaban J connectivity index is 1.26. The SMILES string of the molecule is COc1cccc(CCNC(=O)c2ccccc2Sc2ccc3c(/C=C/c4ccccn4)n[nH]c3c2)c1. The standard InChI is InChI=1S/C30H26N4O2S/c1-36-23-9-6-7-21(19-23)16-18-32-30(35)26-10-2-3-11-29(26)37-24-13-14-25-27(33-34-28(25)20-24)15-12-22-8-4-5-17-31-22/h2-15,17,19-20H,16,18H2,1H3,(H,32,35)(H,33,34)/b15-12+. The van der Waals surface area contributed by atoms with Crippen LogP contribution in [0.1, 0.15) is 27.3 Å². The lowest BCUT2D eigenvalue weighted by molar-refractivity contribution is 0.0951. The van der Waals surface area contributed by atoms with Gasteiger partial charge in [0.15, 0.2) is 0 Å². The van der Waals surface area contributed by atoms with Crippen LogP contribution < -0.4 is 10.1 Å². The van der Waals surface area contributed by atoms with Gasteiger partial charge in [0, 0.05) is 27.9 Å². The zero-order chi connectivity index (χ0) is 25.5. The Hall–Kier alpha value is -4.36. The Morgan fingerprint density at radius 3 is 2.76 bits per heavy atom. The van der Waals surface area contributed by atoms with Crippen molar-refractivity contribution < 1.29 is 9.53 Å². The number of benzene rings is 3. The zero-order valence-corrected chi connectivity index (χ0v) is 21.2. The molecule has 0 unspecified atom stereocenters. The van der Waals surface area contributed by atoms with Crippen molar-refractivity contribution in [1.82, 2.24) is 20.5 Å². The molecule has 37 heavy (non-hydrogen) atoms. The minimum Gasteiger partial charge on any atom is -0.497 e. The van der Waals surface area contributed by atoms with Gasteiger partial charge < -0.3 is 10.1 Å². The molecule has 0 saturated carbocycles. The van der Waals surface area contributed by atoms with E-state index in [2.05, 4.69) is 38.7 Å². The predicted molar refractivity (Wildman–Crippen MR) is 149 cm³/mol. The van der Waals surface area contributed by atoms with E-state index in [1.54, 1.807) is 25.1 Å². The summed E-state index contributed by atoms with van der Waals surface area (Å²) in [4.78, 5) is 19.2. The molecule has 0 fully saturated rings. The van der Waals surface area contributed by atoms with E-state index in [-0.39, 0.29) is 5.91 Å². The van der Waals surface area contributed by atoms with Crippen LogP contribution in [-0.2, 0) is 6.42 Å². The quantitative estimate of drug-likeness (QED) is 0.247. The minimum atomic E-state index is -0.0874. The Morgan fingerprint density at radius 1 is 1.00 bits per heavy atom. The van der Waals surface area contributed by atoms with Gasteiger partial charge in [-0.15, -0.1) is 0 Å². The number of hydrogen-bond acceptors (Lipinski definition) is 5. The molecule has 0 spiro atoms. The topological polar surface area (TPSA) is 79.9 Å². The number of carbonyl (C=O) groups is 1. The van der Waals surface area contributed by atoms with Crippen molar-refractivity contribution >= 4 is 40.7 Å². The molecule has 3 aromatic carbocycles. The molecule has 0 aliphatic heterocycles. The fourth-order valence-electron chi connectivity index (χ4n) is 3.96. The number of rotatable bonds is 9. The van der Waals surface area contributed by atoms with E-state index in [9.17, 15) is 4.79 Å². The molecule has 2 heterocycles. The van der Waals surface area contributed by atoms with Crippen LogP contribution in [0.3, 0.4) is 0 Å². The number of aromatic amines is 1. The van der Waals surface area contributed by atoms with Crippen molar-refractivity contribution in [2.45, 2.75) is 16.2 Å². The number of fused-ring (bicyclic) bond motifs is 1. The van der Waals surface area contributed by atoms with Crippen LogP contribution in [0.4, 0.5) is 0 Å². The summed E-state index contributed by atoms with van der Waals surface area (Å²) in [5.74, 6) is 0.728. The lowest BCUT2D eigenvalue weighted by atomic mass is 10.1. The molecule has 184 valence electrons. The monoisotopic (exact) mass is 506 g/mol. The van der Waals surface area contributed by atoms with Gasteiger partial charge in [-0.1, -0.05) is 42.1 Å². The van der Waals surface area contributed by atoms with Crippen LogP contribution in [0.15, 0.2) is 101 Å². The van der Waals surface area contributed by atoms with Crippen molar-refractivity contribution in [3.05, 3.63) is 114 Å². The van der Waals surface area contributed by atoms with Gasteiger partial charge in [-0.3, -0.25) is 14.9 Å². The maximum absolute atomic E-state index is 13.0. The maximum Gasteiger partial charge on any atom is 0.252 e. The molecule has 0 bridgehead atoms. The van der Waals surface area contributed by atoms with E-state index in [4.69, 9.17) is 4.74 Å². The fourth-order valence-corrected chi connectivity index (χ4v) is 4.95. The minimum absolute atomic E-state index is 0.0874. The first-order chi connectivity index (χ1) is 18.2. The average Bonchev–Trinajstić information content (AvgIpc) is 3.35. The average molecular weight is 507 g/mol. The molecular formula is C30H26N4O2S. The second kappa shape index (κ2) is 11.6. The number of hydrogen-bond donors (Lipinski definition) is 2.